The summed E-state index contributed by atoms with van der Waals surface area (Å²) < 4.78 is 0. The lowest BCUT2D eigenvalue weighted by Crippen LogP contribution is -2.38. The first-order valence-electron chi connectivity index (χ1n) is 8.01. The predicted octanol–water partition coefficient (Wildman–Crippen LogP) is 1.76. The van der Waals surface area contributed by atoms with Crippen LogP contribution in [0, 0.1) is 5.92 Å². The summed E-state index contributed by atoms with van der Waals surface area (Å²) in [5, 5.41) is 3.19. The number of rotatable bonds is 5. The maximum Gasteiger partial charge on any atom is 0.230 e. The molecule has 1 atom stereocenters. The van der Waals surface area contributed by atoms with Crippen LogP contribution in [0.1, 0.15) is 31.7 Å². The molecule has 1 saturated heterocycles. The Labute approximate surface area is 126 Å². The summed E-state index contributed by atoms with van der Waals surface area (Å²) in [7, 11) is 0. The summed E-state index contributed by atoms with van der Waals surface area (Å²) in [5.74, 6) is 0.804. The second kappa shape index (κ2) is 5.68. The van der Waals surface area contributed by atoms with Crippen molar-refractivity contribution >= 4 is 11.6 Å². The van der Waals surface area contributed by atoms with E-state index in [4.69, 9.17) is 5.73 Å². The third-order valence-electron chi connectivity index (χ3n) is 5.02. The summed E-state index contributed by atoms with van der Waals surface area (Å²) >= 11 is 0. The second-order valence-corrected chi connectivity index (χ2v) is 6.46. The fraction of sp³-hybridized carbons (Fsp3) is 0.588. The molecule has 1 aliphatic heterocycles. The van der Waals surface area contributed by atoms with Gasteiger partial charge in [-0.15, -0.1) is 0 Å². The Hall–Kier alpha value is -1.55. The normalized spacial score (nSPS) is 24.0. The van der Waals surface area contributed by atoms with Crippen molar-refractivity contribution in [3.8, 4) is 0 Å². The maximum atomic E-state index is 12.6. The zero-order chi connectivity index (χ0) is 14.9. The Bertz CT molecular complexity index is 507. The minimum absolute atomic E-state index is 0.196. The molecule has 0 radical (unpaired) electrons. The van der Waals surface area contributed by atoms with Crippen LogP contribution in [-0.2, 0) is 10.2 Å². The number of nitrogens with two attached hydrogens (primary N) is 1. The zero-order valence-electron chi connectivity index (χ0n) is 12.8. The molecule has 1 saturated carbocycles. The van der Waals surface area contributed by atoms with Crippen molar-refractivity contribution in [2.45, 2.75) is 31.6 Å². The van der Waals surface area contributed by atoms with Crippen LogP contribution in [0.2, 0.25) is 0 Å². The fourth-order valence-electron chi connectivity index (χ4n) is 3.35. The van der Waals surface area contributed by atoms with Crippen molar-refractivity contribution < 1.29 is 4.79 Å². The first-order chi connectivity index (χ1) is 10.1. The van der Waals surface area contributed by atoms with Gasteiger partial charge in [0.25, 0.3) is 0 Å². The van der Waals surface area contributed by atoms with Gasteiger partial charge in [-0.1, -0.05) is 19.1 Å². The molecule has 0 bridgehead atoms. The molecule has 1 heterocycles. The third kappa shape index (κ3) is 2.91. The van der Waals surface area contributed by atoms with Gasteiger partial charge in [0.1, 0.15) is 0 Å². The van der Waals surface area contributed by atoms with E-state index in [0.717, 1.165) is 43.7 Å². The first-order valence-corrected chi connectivity index (χ1v) is 8.01. The van der Waals surface area contributed by atoms with Crippen LogP contribution in [-0.4, -0.2) is 37.0 Å². The van der Waals surface area contributed by atoms with Crippen LogP contribution in [0.15, 0.2) is 24.3 Å². The number of amides is 1. The van der Waals surface area contributed by atoms with Gasteiger partial charge in [-0.2, -0.15) is 0 Å². The van der Waals surface area contributed by atoms with Crippen molar-refractivity contribution in [2.75, 3.05) is 31.9 Å². The molecule has 21 heavy (non-hydrogen) atoms. The number of carbonyl (C=O) groups excluding carboxylic acids is 1. The van der Waals surface area contributed by atoms with Crippen molar-refractivity contribution in [3.63, 3.8) is 0 Å². The zero-order valence-corrected chi connectivity index (χ0v) is 12.8. The molecule has 0 spiro atoms. The fourth-order valence-corrected chi connectivity index (χ4v) is 3.35. The van der Waals surface area contributed by atoms with Gasteiger partial charge >= 0.3 is 0 Å². The van der Waals surface area contributed by atoms with Gasteiger partial charge in [-0.25, -0.2) is 0 Å². The highest BCUT2D eigenvalue weighted by molar-refractivity contribution is 5.91. The standard InChI is InChI=1S/C17H25N3O/c1-2-20-10-7-13(12-20)11-19-16(21)17(8-9-17)14-3-5-15(18)6-4-14/h3-6,13H,2,7-12,18H2,1H3,(H,19,21). The summed E-state index contributed by atoms with van der Waals surface area (Å²) in [4.78, 5) is 15.0. The van der Waals surface area contributed by atoms with Crippen molar-refractivity contribution in [3.05, 3.63) is 29.8 Å². The van der Waals surface area contributed by atoms with E-state index < -0.39 is 0 Å². The Kier molecular flexibility index (Phi) is 3.89. The molecule has 3 N–H and O–H groups in total. The van der Waals surface area contributed by atoms with Crippen LogP contribution >= 0.6 is 0 Å². The van der Waals surface area contributed by atoms with E-state index in [1.165, 1.54) is 13.0 Å². The maximum absolute atomic E-state index is 12.6. The summed E-state index contributed by atoms with van der Waals surface area (Å²) in [5.41, 5.74) is 7.31. The Morgan fingerprint density at radius 3 is 2.67 bits per heavy atom. The average molecular weight is 287 g/mol. The number of anilines is 1. The largest absolute Gasteiger partial charge is 0.399 e. The van der Waals surface area contributed by atoms with Gasteiger partial charge in [-0.3, -0.25) is 4.79 Å². The Balaban J connectivity index is 1.57. The van der Waals surface area contributed by atoms with E-state index in [1.54, 1.807) is 0 Å². The number of nitrogens with zero attached hydrogens (tertiary/aromatic N) is 1. The molecule has 4 nitrogen and oxygen atoms in total. The van der Waals surface area contributed by atoms with Gasteiger partial charge in [0.15, 0.2) is 0 Å². The predicted molar refractivity (Wildman–Crippen MR) is 85.0 cm³/mol. The molecular formula is C17H25N3O. The molecule has 1 aromatic carbocycles. The van der Waals surface area contributed by atoms with E-state index in [0.29, 0.717) is 5.92 Å². The van der Waals surface area contributed by atoms with E-state index >= 15 is 0 Å². The Morgan fingerprint density at radius 1 is 1.38 bits per heavy atom. The minimum Gasteiger partial charge on any atom is -0.399 e. The molecule has 114 valence electrons. The molecule has 1 aromatic rings. The highest BCUT2D eigenvalue weighted by atomic mass is 16.2. The van der Waals surface area contributed by atoms with Crippen LogP contribution in [0.5, 0.6) is 0 Å². The SMILES string of the molecule is CCN1CCC(CNC(=O)C2(c3ccc(N)cc3)CC2)C1. The van der Waals surface area contributed by atoms with Crippen LogP contribution in [0.3, 0.4) is 0 Å². The molecule has 2 fully saturated rings. The van der Waals surface area contributed by atoms with Gasteiger partial charge < -0.3 is 16.0 Å². The lowest BCUT2D eigenvalue weighted by atomic mass is 9.94. The van der Waals surface area contributed by atoms with Crippen LogP contribution in [0.25, 0.3) is 0 Å². The quantitative estimate of drug-likeness (QED) is 0.811. The summed E-state index contributed by atoms with van der Waals surface area (Å²) in [6.45, 7) is 6.40. The van der Waals surface area contributed by atoms with Crippen molar-refractivity contribution in [2.24, 2.45) is 5.92 Å². The monoisotopic (exact) mass is 287 g/mol. The van der Waals surface area contributed by atoms with Crippen molar-refractivity contribution in [1.29, 1.82) is 0 Å². The minimum atomic E-state index is -0.281. The number of likely N-dealkylation sites (tertiary alicyclic amines) is 1. The molecule has 1 aliphatic carbocycles. The van der Waals surface area contributed by atoms with E-state index in [-0.39, 0.29) is 11.3 Å². The highest BCUT2D eigenvalue weighted by Crippen LogP contribution is 2.48. The topological polar surface area (TPSA) is 58.4 Å². The van der Waals surface area contributed by atoms with E-state index in [9.17, 15) is 4.79 Å². The third-order valence-corrected chi connectivity index (χ3v) is 5.02. The van der Waals surface area contributed by atoms with Gasteiger partial charge in [-0.05, 0) is 56.0 Å². The molecule has 4 heteroatoms. The lowest BCUT2D eigenvalue weighted by molar-refractivity contribution is -0.123. The van der Waals surface area contributed by atoms with Gasteiger partial charge in [0, 0.05) is 18.8 Å². The summed E-state index contributed by atoms with van der Waals surface area (Å²) in [6.07, 6.45) is 3.10. The molecule has 0 aromatic heterocycles. The second-order valence-electron chi connectivity index (χ2n) is 6.46. The van der Waals surface area contributed by atoms with Crippen LogP contribution < -0.4 is 11.1 Å². The molecule has 1 unspecified atom stereocenters. The number of benzene rings is 1. The first kappa shape index (κ1) is 14.4. The van der Waals surface area contributed by atoms with Crippen molar-refractivity contribution in [1.82, 2.24) is 10.2 Å². The molecule has 2 aliphatic rings. The molecule has 3 rings (SSSR count). The molecule has 1 amide bonds. The highest BCUT2D eigenvalue weighted by Gasteiger charge is 2.51. The van der Waals surface area contributed by atoms with Gasteiger partial charge in [0.2, 0.25) is 5.91 Å². The number of hydrogen-bond donors (Lipinski definition) is 2. The number of nitrogen functional groups attached to an aromatic ring is 1. The Morgan fingerprint density at radius 2 is 2.10 bits per heavy atom. The number of hydrogen-bond acceptors (Lipinski definition) is 3. The smallest absolute Gasteiger partial charge is 0.230 e. The lowest BCUT2D eigenvalue weighted by Gasteiger charge is -2.18. The molecular weight excluding hydrogens is 262 g/mol. The van der Waals surface area contributed by atoms with Gasteiger partial charge in [0.05, 0.1) is 5.41 Å². The van der Waals surface area contributed by atoms with E-state index in [1.807, 2.05) is 24.3 Å². The average Bonchev–Trinajstić information content (AvgIpc) is 3.18. The summed E-state index contributed by atoms with van der Waals surface area (Å²) in [6, 6.07) is 7.77. The number of carbonyl (C=O) groups is 1. The van der Waals surface area contributed by atoms with E-state index in [2.05, 4.69) is 17.1 Å². The number of nitrogens with one attached hydrogen (secondary N) is 1. The van der Waals surface area contributed by atoms with Crippen LogP contribution in [0.4, 0.5) is 5.69 Å².